The Morgan fingerprint density at radius 3 is 2.31 bits per heavy atom. The van der Waals surface area contributed by atoms with Crippen molar-refractivity contribution < 1.29 is 14.6 Å². The number of rotatable bonds is 4. The van der Waals surface area contributed by atoms with Crippen molar-refractivity contribution in [3.8, 4) is 5.75 Å². The maximum Gasteiger partial charge on any atom is 0.269 e. The topological polar surface area (TPSA) is 70.6 Å². The molecule has 1 rings (SSSR count). The van der Waals surface area contributed by atoms with Crippen molar-refractivity contribution in [2.24, 2.45) is 0 Å². The quantitative estimate of drug-likeness (QED) is 0.665. The standard InChI is InChI=1S/C11H16N2O3/c1-11(2,15)10(14)13-12-8-4-6-9(16-3)7-5-8/h4-7,12,15H,1-3H3,(H,13,14). The zero-order valence-electron chi connectivity index (χ0n) is 9.57. The van der Waals surface area contributed by atoms with Crippen molar-refractivity contribution in [2.45, 2.75) is 19.4 Å². The van der Waals surface area contributed by atoms with Gasteiger partial charge in [-0.05, 0) is 38.1 Å². The summed E-state index contributed by atoms with van der Waals surface area (Å²) in [5, 5.41) is 9.37. The van der Waals surface area contributed by atoms with Gasteiger partial charge in [-0.2, -0.15) is 0 Å². The Labute approximate surface area is 94.4 Å². The van der Waals surface area contributed by atoms with Crippen LogP contribution in [0.2, 0.25) is 0 Å². The average molecular weight is 224 g/mol. The number of hydrogen-bond donors (Lipinski definition) is 3. The van der Waals surface area contributed by atoms with Gasteiger partial charge in [0.25, 0.3) is 5.91 Å². The number of hydrogen-bond acceptors (Lipinski definition) is 4. The zero-order chi connectivity index (χ0) is 12.2. The third kappa shape index (κ3) is 3.43. The van der Waals surface area contributed by atoms with Crippen molar-refractivity contribution in [2.75, 3.05) is 12.5 Å². The van der Waals surface area contributed by atoms with Gasteiger partial charge in [-0.15, -0.1) is 0 Å². The van der Waals surface area contributed by atoms with E-state index in [2.05, 4.69) is 10.9 Å². The lowest BCUT2D eigenvalue weighted by Crippen LogP contribution is -2.44. The molecule has 0 unspecified atom stereocenters. The van der Waals surface area contributed by atoms with Crippen LogP contribution in [0.4, 0.5) is 5.69 Å². The number of carbonyl (C=O) groups excluding carboxylic acids is 1. The van der Waals surface area contributed by atoms with Crippen molar-refractivity contribution in [3.63, 3.8) is 0 Å². The Kier molecular flexibility index (Phi) is 3.73. The predicted molar refractivity (Wildman–Crippen MR) is 61.1 cm³/mol. The van der Waals surface area contributed by atoms with Crippen LogP contribution >= 0.6 is 0 Å². The molecular weight excluding hydrogens is 208 g/mol. The molecular formula is C11H16N2O3. The number of benzene rings is 1. The number of carbonyl (C=O) groups is 1. The van der Waals surface area contributed by atoms with Crippen molar-refractivity contribution in [3.05, 3.63) is 24.3 Å². The molecule has 0 aliphatic heterocycles. The first-order valence-electron chi connectivity index (χ1n) is 4.86. The van der Waals surface area contributed by atoms with Gasteiger partial charge in [-0.25, -0.2) is 0 Å². The summed E-state index contributed by atoms with van der Waals surface area (Å²) < 4.78 is 4.99. The molecule has 0 aliphatic rings. The molecule has 5 nitrogen and oxygen atoms in total. The monoisotopic (exact) mass is 224 g/mol. The number of amides is 1. The van der Waals surface area contributed by atoms with E-state index in [0.29, 0.717) is 5.69 Å². The maximum absolute atomic E-state index is 11.3. The highest BCUT2D eigenvalue weighted by Gasteiger charge is 2.23. The highest BCUT2D eigenvalue weighted by Crippen LogP contribution is 2.14. The Morgan fingerprint density at radius 2 is 1.88 bits per heavy atom. The van der Waals surface area contributed by atoms with E-state index >= 15 is 0 Å². The minimum Gasteiger partial charge on any atom is -0.497 e. The predicted octanol–water partition coefficient (Wildman–Crippen LogP) is 0.909. The molecule has 0 bridgehead atoms. The van der Waals surface area contributed by atoms with Crippen LogP contribution in [0.5, 0.6) is 5.75 Å². The van der Waals surface area contributed by atoms with Crippen molar-refractivity contribution >= 4 is 11.6 Å². The molecule has 1 aromatic carbocycles. The van der Waals surface area contributed by atoms with E-state index in [4.69, 9.17) is 4.74 Å². The SMILES string of the molecule is COc1ccc(NNC(=O)C(C)(C)O)cc1. The summed E-state index contributed by atoms with van der Waals surface area (Å²) >= 11 is 0. The van der Waals surface area contributed by atoms with Crippen LogP contribution in [0.15, 0.2) is 24.3 Å². The third-order valence-electron chi connectivity index (χ3n) is 1.97. The summed E-state index contributed by atoms with van der Waals surface area (Å²) in [6, 6.07) is 7.03. The van der Waals surface area contributed by atoms with Crippen molar-refractivity contribution in [1.29, 1.82) is 0 Å². The molecule has 1 amide bonds. The second-order valence-corrected chi connectivity index (χ2v) is 3.87. The zero-order valence-corrected chi connectivity index (χ0v) is 9.57. The van der Waals surface area contributed by atoms with Gasteiger partial charge in [0.2, 0.25) is 0 Å². The highest BCUT2D eigenvalue weighted by atomic mass is 16.5. The molecule has 0 saturated carbocycles. The maximum atomic E-state index is 11.3. The normalized spacial score (nSPS) is 10.8. The van der Waals surface area contributed by atoms with Gasteiger partial charge in [-0.1, -0.05) is 0 Å². The van der Waals surface area contributed by atoms with E-state index in [0.717, 1.165) is 5.75 Å². The fourth-order valence-electron chi connectivity index (χ4n) is 0.956. The van der Waals surface area contributed by atoms with Crippen LogP contribution in [0.1, 0.15) is 13.8 Å². The molecule has 0 spiro atoms. The van der Waals surface area contributed by atoms with Gasteiger partial charge in [0.05, 0.1) is 12.8 Å². The van der Waals surface area contributed by atoms with Gasteiger partial charge in [-0.3, -0.25) is 15.6 Å². The van der Waals surface area contributed by atoms with Crippen LogP contribution in [0.3, 0.4) is 0 Å². The lowest BCUT2D eigenvalue weighted by atomic mass is 10.1. The Bertz CT molecular complexity index is 354. The van der Waals surface area contributed by atoms with Crippen LogP contribution in [-0.4, -0.2) is 23.7 Å². The number of ether oxygens (including phenoxy) is 1. The molecule has 0 radical (unpaired) electrons. The van der Waals surface area contributed by atoms with Gasteiger partial charge in [0.1, 0.15) is 11.4 Å². The number of anilines is 1. The Morgan fingerprint density at radius 1 is 1.31 bits per heavy atom. The van der Waals surface area contributed by atoms with Gasteiger partial charge in [0, 0.05) is 0 Å². The largest absolute Gasteiger partial charge is 0.497 e. The van der Waals surface area contributed by atoms with E-state index in [9.17, 15) is 9.90 Å². The molecule has 88 valence electrons. The number of hydrazine groups is 1. The first-order chi connectivity index (χ1) is 7.43. The number of nitrogens with one attached hydrogen (secondary N) is 2. The van der Waals surface area contributed by atoms with E-state index in [-0.39, 0.29) is 0 Å². The summed E-state index contributed by atoms with van der Waals surface area (Å²) in [6.07, 6.45) is 0. The summed E-state index contributed by atoms with van der Waals surface area (Å²) in [7, 11) is 1.58. The second-order valence-electron chi connectivity index (χ2n) is 3.87. The molecule has 0 aromatic heterocycles. The van der Waals surface area contributed by atoms with Crippen LogP contribution in [0, 0.1) is 0 Å². The smallest absolute Gasteiger partial charge is 0.269 e. The molecule has 0 aliphatic carbocycles. The first-order valence-corrected chi connectivity index (χ1v) is 4.86. The molecule has 5 heteroatoms. The third-order valence-corrected chi connectivity index (χ3v) is 1.97. The summed E-state index contributed by atoms with van der Waals surface area (Å²) in [4.78, 5) is 11.3. The molecule has 3 N–H and O–H groups in total. The average Bonchev–Trinajstić information content (AvgIpc) is 2.25. The fourth-order valence-corrected chi connectivity index (χ4v) is 0.956. The molecule has 0 atom stereocenters. The lowest BCUT2D eigenvalue weighted by molar-refractivity contribution is -0.135. The minimum atomic E-state index is -1.40. The highest BCUT2D eigenvalue weighted by molar-refractivity contribution is 5.84. The molecule has 1 aromatic rings. The first kappa shape index (κ1) is 12.3. The summed E-state index contributed by atoms with van der Waals surface area (Å²) in [6.45, 7) is 2.83. The Balaban J connectivity index is 2.52. The van der Waals surface area contributed by atoms with Gasteiger partial charge < -0.3 is 9.84 Å². The van der Waals surface area contributed by atoms with E-state index < -0.39 is 11.5 Å². The number of aliphatic hydroxyl groups is 1. The molecule has 0 saturated heterocycles. The minimum absolute atomic E-state index is 0.497. The molecule has 0 fully saturated rings. The van der Waals surface area contributed by atoms with E-state index in [1.165, 1.54) is 13.8 Å². The Hall–Kier alpha value is -1.75. The molecule has 0 heterocycles. The second kappa shape index (κ2) is 4.85. The van der Waals surface area contributed by atoms with Crippen molar-refractivity contribution in [1.82, 2.24) is 5.43 Å². The van der Waals surface area contributed by atoms with Crippen LogP contribution in [0.25, 0.3) is 0 Å². The van der Waals surface area contributed by atoms with E-state index in [1.807, 2.05) is 0 Å². The number of methoxy groups -OCH3 is 1. The fraction of sp³-hybridized carbons (Fsp3) is 0.364. The summed E-state index contributed by atoms with van der Waals surface area (Å²) in [5.74, 6) is 0.239. The van der Waals surface area contributed by atoms with E-state index in [1.54, 1.807) is 31.4 Å². The molecule has 16 heavy (non-hydrogen) atoms. The summed E-state index contributed by atoms with van der Waals surface area (Å²) in [5.41, 5.74) is 4.39. The van der Waals surface area contributed by atoms with Gasteiger partial charge >= 0.3 is 0 Å². The lowest BCUT2D eigenvalue weighted by Gasteiger charge is -2.17. The van der Waals surface area contributed by atoms with Gasteiger partial charge in [0.15, 0.2) is 0 Å². The van der Waals surface area contributed by atoms with Crippen LogP contribution in [-0.2, 0) is 4.79 Å². The van der Waals surface area contributed by atoms with Crippen LogP contribution < -0.4 is 15.6 Å².